The maximum absolute atomic E-state index is 11.8. The number of aryl methyl sites for hydroxylation is 1. The first-order valence-electron chi connectivity index (χ1n) is 6.48. The number of hydrogen-bond acceptors (Lipinski definition) is 2. The van der Waals surface area contributed by atoms with Gasteiger partial charge >= 0.3 is 0 Å². The van der Waals surface area contributed by atoms with Crippen molar-refractivity contribution in [3.05, 3.63) is 34.3 Å². The van der Waals surface area contributed by atoms with Gasteiger partial charge in [0.05, 0.1) is 0 Å². The molecule has 1 unspecified atom stereocenters. The summed E-state index contributed by atoms with van der Waals surface area (Å²) < 4.78 is 1.07. The molecule has 1 aliphatic heterocycles. The van der Waals surface area contributed by atoms with Crippen LogP contribution in [-0.2, 0) is 11.2 Å². The zero-order valence-corrected chi connectivity index (χ0v) is 13.2. The Morgan fingerprint density at radius 2 is 2.11 bits per heavy atom. The van der Waals surface area contributed by atoms with E-state index >= 15 is 0 Å². The molecule has 1 aromatic carbocycles. The van der Waals surface area contributed by atoms with Gasteiger partial charge < -0.3 is 10.6 Å². The van der Waals surface area contributed by atoms with Gasteiger partial charge in [-0.3, -0.25) is 4.79 Å². The van der Waals surface area contributed by atoms with E-state index < -0.39 is 0 Å². The second kappa shape index (κ2) is 8.56. The third kappa shape index (κ3) is 5.93. The van der Waals surface area contributed by atoms with Gasteiger partial charge in [-0.1, -0.05) is 28.1 Å². The Balaban J connectivity index is 0.00000180. The summed E-state index contributed by atoms with van der Waals surface area (Å²) in [5.74, 6) is 0.159. The van der Waals surface area contributed by atoms with Crippen molar-refractivity contribution in [3.63, 3.8) is 0 Å². The Bertz CT molecular complexity index is 391. The van der Waals surface area contributed by atoms with Gasteiger partial charge in [0.15, 0.2) is 0 Å². The molecule has 3 nitrogen and oxygen atoms in total. The van der Waals surface area contributed by atoms with Crippen LogP contribution >= 0.6 is 28.3 Å². The lowest BCUT2D eigenvalue weighted by Crippen LogP contribution is -2.45. The van der Waals surface area contributed by atoms with Crippen LogP contribution in [-0.4, -0.2) is 25.0 Å². The van der Waals surface area contributed by atoms with E-state index in [1.807, 2.05) is 12.1 Å². The number of piperidine rings is 1. The topological polar surface area (TPSA) is 41.1 Å². The fraction of sp³-hybridized carbons (Fsp3) is 0.500. The van der Waals surface area contributed by atoms with Crippen LogP contribution in [0.2, 0.25) is 0 Å². The summed E-state index contributed by atoms with van der Waals surface area (Å²) in [5, 5.41) is 6.39. The summed E-state index contributed by atoms with van der Waals surface area (Å²) in [7, 11) is 0. The van der Waals surface area contributed by atoms with Crippen molar-refractivity contribution in [2.45, 2.75) is 31.7 Å². The Morgan fingerprint density at radius 3 is 2.74 bits per heavy atom. The molecule has 1 atom stereocenters. The number of amides is 1. The Labute approximate surface area is 129 Å². The van der Waals surface area contributed by atoms with Crippen molar-refractivity contribution in [3.8, 4) is 0 Å². The molecule has 1 amide bonds. The van der Waals surface area contributed by atoms with E-state index in [-0.39, 0.29) is 18.3 Å². The average molecular weight is 348 g/mol. The molecule has 1 heterocycles. The monoisotopic (exact) mass is 346 g/mol. The summed E-state index contributed by atoms with van der Waals surface area (Å²) in [6, 6.07) is 8.45. The molecule has 106 valence electrons. The quantitative estimate of drug-likeness (QED) is 0.879. The van der Waals surface area contributed by atoms with Crippen LogP contribution in [0.25, 0.3) is 0 Å². The van der Waals surface area contributed by atoms with E-state index in [0.717, 1.165) is 36.8 Å². The van der Waals surface area contributed by atoms with Gasteiger partial charge in [0, 0.05) is 23.5 Å². The minimum Gasteiger partial charge on any atom is -0.352 e. The molecule has 0 radical (unpaired) electrons. The molecule has 0 aliphatic carbocycles. The summed E-state index contributed by atoms with van der Waals surface area (Å²) >= 11 is 3.41. The third-order valence-corrected chi connectivity index (χ3v) is 3.74. The van der Waals surface area contributed by atoms with Crippen molar-refractivity contribution in [2.75, 3.05) is 13.1 Å². The van der Waals surface area contributed by atoms with Gasteiger partial charge in [-0.05, 0) is 43.5 Å². The molecule has 5 heteroatoms. The van der Waals surface area contributed by atoms with Crippen LogP contribution in [0.5, 0.6) is 0 Å². The van der Waals surface area contributed by atoms with E-state index in [1.54, 1.807) is 0 Å². The van der Waals surface area contributed by atoms with Gasteiger partial charge in [0.1, 0.15) is 0 Å². The molecule has 1 saturated heterocycles. The molecular weight excluding hydrogens is 328 g/mol. The molecule has 0 bridgehead atoms. The summed E-state index contributed by atoms with van der Waals surface area (Å²) in [5.41, 5.74) is 1.20. The molecule has 2 rings (SSSR count). The van der Waals surface area contributed by atoms with Crippen LogP contribution in [0.1, 0.15) is 24.8 Å². The van der Waals surface area contributed by atoms with Gasteiger partial charge in [0.2, 0.25) is 5.91 Å². The summed E-state index contributed by atoms with van der Waals surface area (Å²) in [6.45, 7) is 1.98. The first-order chi connectivity index (χ1) is 8.74. The number of carbonyl (C=O) groups is 1. The van der Waals surface area contributed by atoms with Gasteiger partial charge in [-0.2, -0.15) is 0 Å². The highest BCUT2D eigenvalue weighted by Gasteiger charge is 2.14. The standard InChI is InChI=1S/C14H19BrN2O.ClH/c15-12-6-3-11(4-7-12)5-8-14(18)17-13-2-1-9-16-10-13;/h3-4,6-7,13,16H,1-2,5,8-10H2,(H,17,18);1H. The second-order valence-electron chi connectivity index (χ2n) is 4.74. The fourth-order valence-electron chi connectivity index (χ4n) is 2.18. The Morgan fingerprint density at radius 1 is 1.37 bits per heavy atom. The molecule has 1 fully saturated rings. The predicted molar refractivity (Wildman–Crippen MR) is 83.7 cm³/mol. The Kier molecular flexibility index (Phi) is 7.42. The van der Waals surface area contributed by atoms with Crippen LogP contribution < -0.4 is 10.6 Å². The third-order valence-electron chi connectivity index (χ3n) is 3.22. The SMILES string of the molecule is Cl.O=C(CCc1ccc(Br)cc1)NC1CCCNC1. The van der Waals surface area contributed by atoms with Crippen LogP contribution in [0.3, 0.4) is 0 Å². The largest absolute Gasteiger partial charge is 0.352 e. The molecule has 1 aromatic rings. The second-order valence-corrected chi connectivity index (χ2v) is 5.65. The summed E-state index contributed by atoms with van der Waals surface area (Å²) in [6.07, 6.45) is 3.62. The van der Waals surface area contributed by atoms with Gasteiger partial charge in [-0.15, -0.1) is 12.4 Å². The lowest BCUT2D eigenvalue weighted by atomic mass is 10.1. The lowest BCUT2D eigenvalue weighted by molar-refractivity contribution is -0.121. The van der Waals surface area contributed by atoms with Crippen molar-refractivity contribution < 1.29 is 4.79 Å². The zero-order valence-electron chi connectivity index (χ0n) is 10.8. The molecular formula is C14H20BrClN2O. The first kappa shape index (κ1) is 16.5. The van der Waals surface area contributed by atoms with E-state index in [1.165, 1.54) is 5.56 Å². The van der Waals surface area contributed by atoms with Crippen molar-refractivity contribution in [1.82, 2.24) is 10.6 Å². The summed E-state index contributed by atoms with van der Waals surface area (Å²) in [4.78, 5) is 11.8. The number of halogens is 2. The highest BCUT2D eigenvalue weighted by atomic mass is 79.9. The number of carbonyl (C=O) groups excluding carboxylic acids is 1. The average Bonchev–Trinajstić information content (AvgIpc) is 2.39. The van der Waals surface area contributed by atoms with Crippen LogP contribution in [0.4, 0.5) is 0 Å². The normalized spacial score (nSPS) is 18.5. The predicted octanol–water partition coefficient (Wildman–Crippen LogP) is 2.67. The number of nitrogens with one attached hydrogen (secondary N) is 2. The minimum atomic E-state index is 0. The molecule has 0 aromatic heterocycles. The van der Waals surface area contributed by atoms with E-state index in [2.05, 4.69) is 38.7 Å². The lowest BCUT2D eigenvalue weighted by Gasteiger charge is -2.23. The fourth-order valence-corrected chi connectivity index (χ4v) is 2.45. The molecule has 1 aliphatic rings. The smallest absolute Gasteiger partial charge is 0.220 e. The molecule has 0 saturated carbocycles. The number of rotatable bonds is 4. The van der Waals surface area contributed by atoms with Gasteiger partial charge in [0.25, 0.3) is 0 Å². The molecule has 0 spiro atoms. The van der Waals surface area contributed by atoms with E-state index in [0.29, 0.717) is 12.5 Å². The van der Waals surface area contributed by atoms with E-state index in [9.17, 15) is 4.79 Å². The van der Waals surface area contributed by atoms with Crippen LogP contribution in [0, 0.1) is 0 Å². The van der Waals surface area contributed by atoms with Crippen molar-refractivity contribution in [2.24, 2.45) is 0 Å². The van der Waals surface area contributed by atoms with Gasteiger partial charge in [-0.25, -0.2) is 0 Å². The van der Waals surface area contributed by atoms with Crippen molar-refractivity contribution in [1.29, 1.82) is 0 Å². The highest BCUT2D eigenvalue weighted by Crippen LogP contribution is 2.12. The first-order valence-corrected chi connectivity index (χ1v) is 7.28. The van der Waals surface area contributed by atoms with E-state index in [4.69, 9.17) is 0 Å². The number of hydrogen-bond donors (Lipinski definition) is 2. The van der Waals surface area contributed by atoms with Crippen LogP contribution in [0.15, 0.2) is 28.7 Å². The highest BCUT2D eigenvalue weighted by molar-refractivity contribution is 9.10. The van der Waals surface area contributed by atoms with Crippen molar-refractivity contribution >= 4 is 34.2 Å². The zero-order chi connectivity index (χ0) is 12.8. The molecule has 2 N–H and O–H groups in total. The number of benzene rings is 1. The maximum Gasteiger partial charge on any atom is 0.220 e. The Hall–Kier alpha value is -0.580. The molecule has 19 heavy (non-hydrogen) atoms. The minimum absolute atomic E-state index is 0. The maximum atomic E-state index is 11.8.